The number of benzene rings is 3. The number of aromatic nitrogens is 3. The van der Waals surface area contributed by atoms with Crippen molar-refractivity contribution in [1.29, 1.82) is 0 Å². The molecule has 4 aromatic rings. The van der Waals surface area contributed by atoms with Gasteiger partial charge in [-0.2, -0.15) is 4.98 Å². The molecule has 2 N–H and O–H groups in total. The third-order valence-electron chi connectivity index (χ3n) is 6.71. The largest absolute Gasteiger partial charge is 0.490 e. The van der Waals surface area contributed by atoms with Crippen LogP contribution in [0.25, 0.3) is 0 Å². The van der Waals surface area contributed by atoms with Crippen LogP contribution in [0.3, 0.4) is 0 Å². The van der Waals surface area contributed by atoms with E-state index >= 15 is 0 Å². The average molecular weight is 604 g/mol. The maximum Gasteiger partial charge on any atom is 0.255 e. The Bertz CT molecular complexity index is 1620. The van der Waals surface area contributed by atoms with Crippen molar-refractivity contribution >= 4 is 40.9 Å². The van der Waals surface area contributed by atoms with Gasteiger partial charge in [-0.15, -0.1) is 5.10 Å². The first-order valence-corrected chi connectivity index (χ1v) is 15.3. The summed E-state index contributed by atoms with van der Waals surface area (Å²) >= 11 is 7.87. The van der Waals surface area contributed by atoms with Crippen molar-refractivity contribution in [2.45, 2.75) is 51.1 Å². The maximum absolute atomic E-state index is 13.9. The molecule has 10 heteroatoms. The standard InChI is InChI=1S/C32H34ClN5O3S/c1-5-16-41-26-15-14-22(18-27(26)40-6-2)29-28(30(39)35-24-12-9-10-20(3)17-24)21(4)34-31-36-32(37-38(29)31)42-19-23-11-7-8-13-25(23)33/h7-15,17-18,29H,5-6,16,19H2,1-4H3,(H,35,39)(H,34,36,37). The highest BCUT2D eigenvalue weighted by atomic mass is 35.5. The average Bonchev–Trinajstić information content (AvgIpc) is 3.37. The maximum atomic E-state index is 13.9. The topological polar surface area (TPSA) is 90.3 Å². The molecule has 0 spiro atoms. The Labute approximate surface area is 255 Å². The molecule has 5 rings (SSSR count). The van der Waals surface area contributed by atoms with Crippen molar-refractivity contribution in [3.8, 4) is 11.5 Å². The lowest BCUT2D eigenvalue weighted by molar-refractivity contribution is -0.113. The number of carbonyl (C=O) groups excluding carboxylic acids is 1. The highest BCUT2D eigenvalue weighted by Gasteiger charge is 2.35. The van der Waals surface area contributed by atoms with Crippen LogP contribution in [0.5, 0.6) is 11.5 Å². The summed E-state index contributed by atoms with van der Waals surface area (Å²) in [6, 6.07) is 20.7. The molecule has 218 valence electrons. The molecule has 1 aliphatic heterocycles. The Kier molecular flexibility index (Phi) is 9.39. The van der Waals surface area contributed by atoms with E-state index in [1.807, 2.05) is 87.5 Å². The molecule has 1 aliphatic rings. The van der Waals surface area contributed by atoms with Gasteiger partial charge in [0.2, 0.25) is 11.1 Å². The molecule has 3 aromatic carbocycles. The minimum atomic E-state index is -0.562. The van der Waals surface area contributed by atoms with Crippen LogP contribution in [0.1, 0.15) is 49.9 Å². The number of nitrogens with zero attached hydrogens (tertiary/aromatic N) is 3. The molecule has 8 nitrogen and oxygen atoms in total. The third kappa shape index (κ3) is 6.58. The Morgan fingerprint density at radius 3 is 2.64 bits per heavy atom. The van der Waals surface area contributed by atoms with Crippen LogP contribution in [0.15, 0.2) is 83.2 Å². The molecule has 2 heterocycles. The first-order valence-electron chi connectivity index (χ1n) is 14.0. The van der Waals surface area contributed by atoms with E-state index in [2.05, 4.69) is 17.6 Å². The third-order valence-corrected chi connectivity index (χ3v) is 7.97. The van der Waals surface area contributed by atoms with E-state index in [4.69, 9.17) is 31.2 Å². The van der Waals surface area contributed by atoms with Crippen molar-refractivity contribution < 1.29 is 14.3 Å². The Hall–Kier alpha value is -3.95. The normalized spacial score (nSPS) is 14.3. The fourth-order valence-electron chi connectivity index (χ4n) is 4.77. The van der Waals surface area contributed by atoms with Gasteiger partial charge >= 0.3 is 0 Å². The molecule has 0 radical (unpaired) electrons. The molecular formula is C32H34ClN5O3S. The highest BCUT2D eigenvalue weighted by Crippen LogP contribution is 2.40. The summed E-state index contributed by atoms with van der Waals surface area (Å²) in [7, 11) is 0. The van der Waals surface area contributed by atoms with Gasteiger partial charge in [-0.1, -0.05) is 66.7 Å². The van der Waals surface area contributed by atoms with Crippen molar-refractivity contribution in [3.63, 3.8) is 0 Å². The van der Waals surface area contributed by atoms with Crippen LogP contribution >= 0.6 is 23.4 Å². The number of carbonyl (C=O) groups is 1. The first kappa shape index (κ1) is 29.5. The van der Waals surface area contributed by atoms with Gasteiger partial charge in [0.25, 0.3) is 5.91 Å². The SMILES string of the molecule is CCCOc1ccc(C2C(C(=O)Nc3cccc(C)c3)=C(C)Nc3nc(SCc4ccccc4Cl)nn32)cc1OCC. The van der Waals surface area contributed by atoms with Crippen LogP contribution < -0.4 is 20.1 Å². The number of aryl methyl sites for hydroxylation is 1. The lowest BCUT2D eigenvalue weighted by atomic mass is 9.94. The molecule has 0 fully saturated rings. The summed E-state index contributed by atoms with van der Waals surface area (Å²) in [5.74, 6) is 2.21. The smallest absolute Gasteiger partial charge is 0.255 e. The van der Waals surface area contributed by atoms with Crippen molar-refractivity contribution in [2.24, 2.45) is 0 Å². The number of fused-ring (bicyclic) bond motifs is 1. The predicted molar refractivity (Wildman–Crippen MR) is 169 cm³/mol. The minimum absolute atomic E-state index is 0.230. The van der Waals surface area contributed by atoms with Crippen LogP contribution in [-0.4, -0.2) is 33.9 Å². The number of halogens is 1. The quantitative estimate of drug-likeness (QED) is 0.170. The monoisotopic (exact) mass is 603 g/mol. The van der Waals surface area contributed by atoms with Gasteiger partial charge in [-0.25, -0.2) is 4.68 Å². The summed E-state index contributed by atoms with van der Waals surface area (Å²) < 4.78 is 13.7. The molecule has 1 amide bonds. The van der Waals surface area contributed by atoms with Gasteiger partial charge in [-0.3, -0.25) is 4.79 Å². The van der Waals surface area contributed by atoms with Crippen LogP contribution in [0.4, 0.5) is 11.6 Å². The number of thioether (sulfide) groups is 1. The van der Waals surface area contributed by atoms with E-state index in [9.17, 15) is 4.79 Å². The van der Waals surface area contributed by atoms with Gasteiger partial charge < -0.3 is 20.1 Å². The molecule has 1 atom stereocenters. The van der Waals surface area contributed by atoms with E-state index in [1.165, 1.54) is 11.8 Å². The molecule has 0 saturated heterocycles. The molecule has 0 bridgehead atoms. The lowest BCUT2D eigenvalue weighted by Gasteiger charge is -2.29. The molecule has 1 unspecified atom stereocenters. The zero-order valence-electron chi connectivity index (χ0n) is 24.1. The molecule has 1 aromatic heterocycles. The molecule has 0 aliphatic carbocycles. The van der Waals surface area contributed by atoms with Gasteiger partial charge in [0.1, 0.15) is 6.04 Å². The number of ether oxygens (including phenoxy) is 2. The van der Waals surface area contributed by atoms with E-state index in [0.29, 0.717) is 57.9 Å². The van der Waals surface area contributed by atoms with Gasteiger partial charge in [0.05, 0.1) is 18.8 Å². The van der Waals surface area contributed by atoms with Crippen molar-refractivity contribution in [2.75, 3.05) is 23.8 Å². The summed E-state index contributed by atoms with van der Waals surface area (Å²) in [4.78, 5) is 18.7. The molecule has 42 heavy (non-hydrogen) atoms. The van der Waals surface area contributed by atoms with Gasteiger partial charge in [0, 0.05) is 22.2 Å². The van der Waals surface area contributed by atoms with E-state index in [0.717, 1.165) is 28.8 Å². The Balaban J connectivity index is 1.54. The summed E-state index contributed by atoms with van der Waals surface area (Å²) in [5, 5.41) is 12.5. The lowest BCUT2D eigenvalue weighted by Crippen LogP contribution is -2.31. The first-order chi connectivity index (χ1) is 20.4. The number of hydrogen-bond donors (Lipinski definition) is 2. The Morgan fingerprint density at radius 1 is 1.05 bits per heavy atom. The van der Waals surface area contributed by atoms with Crippen molar-refractivity contribution in [3.05, 3.63) is 99.7 Å². The molecular weight excluding hydrogens is 570 g/mol. The van der Waals surface area contributed by atoms with Gasteiger partial charge in [0.15, 0.2) is 11.5 Å². The second-order valence-electron chi connectivity index (χ2n) is 9.92. The summed E-state index contributed by atoms with van der Waals surface area (Å²) in [6.45, 7) is 8.93. The zero-order valence-corrected chi connectivity index (χ0v) is 25.7. The van der Waals surface area contributed by atoms with E-state index < -0.39 is 6.04 Å². The van der Waals surface area contributed by atoms with E-state index in [-0.39, 0.29) is 5.91 Å². The number of allylic oxidation sites excluding steroid dienone is 1. The van der Waals surface area contributed by atoms with E-state index in [1.54, 1.807) is 4.68 Å². The van der Waals surface area contributed by atoms with Gasteiger partial charge in [-0.05, 0) is 74.2 Å². The predicted octanol–water partition coefficient (Wildman–Crippen LogP) is 7.65. The number of rotatable bonds is 11. The minimum Gasteiger partial charge on any atom is -0.490 e. The fraction of sp³-hybridized carbons (Fsp3) is 0.281. The number of amides is 1. The number of nitrogens with one attached hydrogen (secondary N) is 2. The van der Waals surface area contributed by atoms with Crippen molar-refractivity contribution in [1.82, 2.24) is 14.8 Å². The second kappa shape index (κ2) is 13.4. The summed E-state index contributed by atoms with van der Waals surface area (Å²) in [6.07, 6.45) is 0.879. The Morgan fingerprint density at radius 2 is 1.88 bits per heavy atom. The van der Waals surface area contributed by atoms with Crippen LogP contribution in [0.2, 0.25) is 5.02 Å². The second-order valence-corrected chi connectivity index (χ2v) is 11.3. The highest BCUT2D eigenvalue weighted by molar-refractivity contribution is 7.98. The molecule has 0 saturated carbocycles. The number of hydrogen-bond acceptors (Lipinski definition) is 7. The summed E-state index contributed by atoms with van der Waals surface area (Å²) in [5.41, 5.74) is 4.82. The zero-order chi connectivity index (χ0) is 29.6. The number of anilines is 2. The van der Waals surface area contributed by atoms with Crippen LogP contribution in [0, 0.1) is 6.92 Å². The fourth-order valence-corrected chi connectivity index (χ4v) is 5.88. The van der Waals surface area contributed by atoms with Crippen LogP contribution in [-0.2, 0) is 10.5 Å².